The summed E-state index contributed by atoms with van der Waals surface area (Å²) in [5.74, 6) is 1.89. The van der Waals surface area contributed by atoms with E-state index in [9.17, 15) is 0 Å². The van der Waals surface area contributed by atoms with Gasteiger partial charge in [-0.3, -0.25) is 15.0 Å². The van der Waals surface area contributed by atoms with Crippen molar-refractivity contribution in [2.75, 3.05) is 62.2 Å². The highest BCUT2D eigenvalue weighted by Gasteiger charge is 2.21. The predicted molar refractivity (Wildman–Crippen MR) is 173 cm³/mol. The van der Waals surface area contributed by atoms with Gasteiger partial charge >= 0.3 is 0 Å². The fourth-order valence-electron chi connectivity index (χ4n) is 4.63. The van der Waals surface area contributed by atoms with E-state index in [4.69, 9.17) is 20.4 Å². The predicted octanol–water partition coefficient (Wildman–Crippen LogP) is 4.58. The normalized spacial score (nSPS) is 14.3. The molecule has 41 heavy (non-hydrogen) atoms. The number of ether oxygens (including phenoxy) is 1. The number of aliphatic imine (C=N–C) groups is 1. The Bertz CT molecular complexity index is 1620. The SMILES string of the molecule is CN=CC(=CN)c1cc(Nc2ncc(Br)c(Nc3ccc4nccnc4c3P(C)C)n2)c(C)nc1N1CCOCC1. The van der Waals surface area contributed by atoms with E-state index < -0.39 is 7.92 Å². The van der Waals surface area contributed by atoms with Crippen molar-refractivity contribution in [3.63, 3.8) is 0 Å². The van der Waals surface area contributed by atoms with Crippen LogP contribution in [0.15, 0.2) is 52.5 Å². The summed E-state index contributed by atoms with van der Waals surface area (Å²) >= 11 is 3.61. The summed E-state index contributed by atoms with van der Waals surface area (Å²) in [5, 5.41) is 7.99. The molecule has 0 spiro atoms. The van der Waals surface area contributed by atoms with Crippen molar-refractivity contribution in [3.05, 3.63) is 58.7 Å². The maximum Gasteiger partial charge on any atom is 0.229 e. The van der Waals surface area contributed by atoms with Crippen molar-refractivity contribution in [1.29, 1.82) is 0 Å². The van der Waals surface area contributed by atoms with Crippen LogP contribution in [-0.2, 0) is 4.74 Å². The van der Waals surface area contributed by atoms with Crippen LogP contribution >= 0.6 is 23.9 Å². The zero-order chi connectivity index (χ0) is 28.9. The summed E-state index contributed by atoms with van der Waals surface area (Å²) < 4.78 is 6.29. The molecule has 11 nitrogen and oxygen atoms in total. The zero-order valence-corrected chi connectivity index (χ0v) is 25.9. The molecule has 3 aromatic heterocycles. The minimum Gasteiger partial charge on any atom is -0.404 e. The van der Waals surface area contributed by atoms with Crippen molar-refractivity contribution in [2.24, 2.45) is 10.7 Å². The van der Waals surface area contributed by atoms with E-state index in [0.717, 1.165) is 67.9 Å². The summed E-state index contributed by atoms with van der Waals surface area (Å²) in [4.78, 5) is 29.8. The van der Waals surface area contributed by atoms with E-state index in [-0.39, 0.29) is 0 Å². The lowest BCUT2D eigenvalue weighted by Gasteiger charge is -2.30. The van der Waals surface area contributed by atoms with Gasteiger partial charge in [-0.05, 0) is 54.4 Å². The average molecular weight is 636 g/mol. The molecule has 13 heteroatoms. The Morgan fingerprint density at radius 3 is 2.61 bits per heavy atom. The van der Waals surface area contributed by atoms with Crippen molar-refractivity contribution >= 4 is 80.9 Å². The second-order valence-corrected chi connectivity index (χ2v) is 12.6. The van der Waals surface area contributed by atoms with Gasteiger partial charge in [0, 0.05) is 73.3 Å². The maximum absolute atomic E-state index is 6.02. The molecule has 1 aromatic carbocycles. The second kappa shape index (κ2) is 12.8. The molecule has 212 valence electrons. The van der Waals surface area contributed by atoms with E-state index in [0.29, 0.717) is 25.0 Å². The molecule has 4 N–H and O–H groups in total. The van der Waals surface area contributed by atoms with E-state index in [2.05, 4.69) is 64.7 Å². The first kappa shape index (κ1) is 28.8. The Balaban J connectivity index is 1.50. The second-order valence-electron chi connectivity index (χ2n) is 9.52. The lowest BCUT2D eigenvalue weighted by Crippen LogP contribution is -2.37. The highest BCUT2D eigenvalue weighted by molar-refractivity contribution is 9.10. The lowest BCUT2D eigenvalue weighted by atomic mass is 10.1. The van der Waals surface area contributed by atoms with Gasteiger partial charge < -0.3 is 26.0 Å². The third-order valence-corrected chi connectivity index (χ3v) is 8.49. The summed E-state index contributed by atoms with van der Waals surface area (Å²) in [7, 11) is 1.24. The van der Waals surface area contributed by atoms with Crippen LogP contribution in [0.1, 0.15) is 11.3 Å². The van der Waals surface area contributed by atoms with Gasteiger partial charge in [0.15, 0.2) is 0 Å². The number of pyridine rings is 1. The molecule has 4 aromatic rings. The minimum atomic E-state index is -0.483. The fraction of sp³-hybridized carbons (Fsp3) is 0.286. The third-order valence-electron chi connectivity index (χ3n) is 6.57. The fourth-order valence-corrected chi connectivity index (χ4v) is 6.13. The van der Waals surface area contributed by atoms with E-state index in [1.165, 1.54) is 0 Å². The molecule has 0 unspecified atom stereocenters. The standard InChI is InChI=1S/C28H32BrN10OP/c1-17-23(13-19(18(14-30)15-31-2)27(35-17)39-9-11-40-12-10-39)37-28-34-16-20(29)26(38-28)36-22-6-5-21-24(25(22)41(3)4)33-8-7-32-21/h5-8,13-16H,9-12,30H2,1-4H3,(H2,34,36,37,38). The molecule has 5 rings (SSSR count). The quantitative estimate of drug-likeness (QED) is 0.186. The number of hydrogen-bond acceptors (Lipinski definition) is 11. The molecule has 0 radical (unpaired) electrons. The number of rotatable bonds is 8. The smallest absolute Gasteiger partial charge is 0.229 e. The Morgan fingerprint density at radius 1 is 1.10 bits per heavy atom. The number of allylic oxidation sites excluding steroid dienone is 1. The van der Waals surface area contributed by atoms with Gasteiger partial charge in [0.2, 0.25) is 5.95 Å². The van der Waals surface area contributed by atoms with Crippen molar-refractivity contribution < 1.29 is 4.74 Å². The monoisotopic (exact) mass is 634 g/mol. The highest BCUT2D eigenvalue weighted by Crippen LogP contribution is 2.35. The lowest BCUT2D eigenvalue weighted by molar-refractivity contribution is 0.122. The van der Waals surface area contributed by atoms with Crippen LogP contribution in [0.2, 0.25) is 0 Å². The topological polar surface area (TPSA) is 139 Å². The summed E-state index contributed by atoms with van der Waals surface area (Å²) in [6, 6.07) is 6.01. The molecule has 1 fully saturated rings. The Hall–Kier alpha value is -3.73. The molecule has 1 aliphatic rings. The number of morpholine rings is 1. The van der Waals surface area contributed by atoms with Crippen LogP contribution < -0.4 is 26.6 Å². The number of nitrogens with one attached hydrogen (secondary N) is 2. The number of benzene rings is 1. The van der Waals surface area contributed by atoms with E-state index in [1.54, 1.807) is 38.1 Å². The Kier molecular flexibility index (Phi) is 9.02. The van der Waals surface area contributed by atoms with Gasteiger partial charge in [-0.2, -0.15) is 4.98 Å². The van der Waals surface area contributed by atoms with Crippen LogP contribution in [0, 0.1) is 6.92 Å². The highest BCUT2D eigenvalue weighted by atomic mass is 79.9. The summed E-state index contributed by atoms with van der Waals surface area (Å²) in [6.07, 6.45) is 8.44. The molecule has 0 atom stereocenters. The summed E-state index contributed by atoms with van der Waals surface area (Å²) in [6.45, 7) is 9.16. The van der Waals surface area contributed by atoms with Gasteiger partial charge in [0.25, 0.3) is 0 Å². The van der Waals surface area contributed by atoms with Gasteiger partial charge in [0.05, 0.1) is 40.1 Å². The van der Waals surface area contributed by atoms with Crippen LogP contribution in [0.5, 0.6) is 0 Å². The third kappa shape index (κ3) is 6.29. The van der Waals surface area contributed by atoms with Gasteiger partial charge in [-0.1, -0.05) is 7.92 Å². The number of aryl methyl sites for hydroxylation is 1. The first-order valence-corrected chi connectivity index (χ1v) is 16.1. The number of nitrogens with two attached hydrogens (primary N) is 1. The first-order valence-electron chi connectivity index (χ1n) is 13.1. The molecular formula is C28H32BrN10OP. The zero-order valence-electron chi connectivity index (χ0n) is 23.4. The van der Waals surface area contributed by atoms with Gasteiger partial charge in [-0.15, -0.1) is 0 Å². The van der Waals surface area contributed by atoms with Crippen LogP contribution in [-0.4, -0.2) is 77.8 Å². The van der Waals surface area contributed by atoms with Crippen molar-refractivity contribution in [3.8, 4) is 0 Å². The Labute approximate surface area is 248 Å². The number of fused-ring (bicyclic) bond motifs is 1. The molecule has 0 bridgehead atoms. The number of hydrogen-bond donors (Lipinski definition) is 3. The molecular weight excluding hydrogens is 603 g/mol. The number of nitrogens with zero attached hydrogens (tertiary/aromatic N) is 7. The summed E-state index contributed by atoms with van der Waals surface area (Å²) in [5.41, 5.74) is 11.9. The van der Waals surface area contributed by atoms with Crippen molar-refractivity contribution in [2.45, 2.75) is 6.92 Å². The molecule has 0 amide bonds. The largest absolute Gasteiger partial charge is 0.404 e. The number of aromatic nitrogens is 5. The van der Waals surface area contributed by atoms with Crippen molar-refractivity contribution in [1.82, 2.24) is 24.9 Å². The Morgan fingerprint density at radius 2 is 1.88 bits per heavy atom. The first-order chi connectivity index (χ1) is 19.9. The average Bonchev–Trinajstić information content (AvgIpc) is 2.98. The molecule has 0 aliphatic carbocycles. The van der Waals surface area contributed by atoms with Crippen LogP contribution in [0.3, 0.4) is 0 Å². The molecule has 1 saturated heterocycles. The van der Waals surface area contributed by atoms with Crippen LogP contribution in [0.25, 0.3) is 16.6 Å². The van der Waals surface area contributed by atoms with Gasteiger partial charge in [-0.25, -0.2) is 9.97 Å². The molecule has 0 saturated carbocycles. The van der Waals surface area contributed by atoms with Crippen LogP contribution in [0.4, 0.5) is 29.0 Å². The molecule has 1 aliphatic heterocycles. The maximum atomic E-state index is 6.02. The number of anilines is 5. The van der Waals surface area contributed by atoms with E-state index in [1.807, 2.05) is 25.1 Å². The molecule has 4 heterocycles. The van der Waals surface area contributed by atoms with Gasteiger partial charge in [0.1, 0.15) is 11.6 Å². The minimum absolute atomic E-state index is 0.422. The van der Waals surface area contributed by atoms with E-state index >= 15 is 0 Å². The number of halogens is 1.